The van der Waals surface area contributed by atoms with Crippen molar-refractivity contribution in [1.82, 2.24) is 9.88 Å². The average molecular weight is 472 g/mol. The smallest absolute Gasteiger partial charge is 0.339 e. The fourth-order valence-corrected chi connectivity index (χ4v) is 4.86. The molecule has 0 N–H and O–H groups in total. The normalized spacial score (nSPS) is 16.3. The number of aromatic nitrogens is 1. The first-order chi connectivity index (χ1) is 17.0. The summed E-state index contributed by atoms with van der Waals surface area (Å²) in [5, 5.41) is 11.7. The number of esters is 1. The SMILES string of the molecule is O=C(OCC(=O)N1CCCC1)c1c2c(nc3ccccc13)/C(=C/c1ccc([N+](=O)[O-])cc1)CCC2. The second kappa shape index (κ2) is 9.66. The van der Waals surface area contributed by atoms with E-state index in [-0.39, 0.29) is 18.2 Å². The third-order valence-corrected chi connectivity index (χ3v) is 6.60. The number of nitro benzene ring substituents is 1. The third kappa shape index (κ3) is 4.64. The number of carbonyl (C=O) groups excluding carboxylic acids is 2. The van der Waals surface area contributed by atoms with Crippen LogP contribution in [0.25, 0.3) is 22.6 Å². The van der Waals surface area contributed by atoms with E-state index in [1.807, 2.05) is 30.3 Å². The van der Waals surface area contributed by atoms with Gasteiger partial charge in [0.15, 0.2) is 6.61 Å². The Morgan fingerprint density at radius 3 is 2.51 bits per heavy atom. The summed E-state index contributed by atoms with van der Waals surface area (Å²) in [5.41, 5.74) is 4.54. The molecule has 0 spiro atoms. The van der Waals surface area contributed by atoms with Crippen molar-refractivity contribution in [3.8, 4) is 0 Å². The maximum Gasteiger partial charge on any atom is 0.339 e. The van der Waals surface area contributed by atoms with Gasteiger partial charge in [-0.05, 0) is 73.1 Å². The van der Waals surface area contributed by atoms with Gasteiger partial charge < -0.3 is 9.64 Å². The van der Waals surface area contributed by atoms with Gasteiger partial charge in [0.05, 0.1) is 21.7 Å². The van der Waals surface area contributed by atoms with Crippen LogP contribution in [0.5, 0.6) is 0 Å². The predicted molar refractivity (Wildman–Crippen MR) is 132 cm³/mol. The number of non-ortho nitro benzene ring substituents is 1. The number of hydrogen-bond acceptors (Lipinski definition) is 6. The molecule has 0 atom stereocenters. The molecule has 2 heterocycles. The topological polar surface area (TPSA) is 103 Å². The number of ether oxygens (including phenoxy) is 1. The van der Waals surface area contributed by atoms with Crippen molar-refractivity contribution in [3.63, 3.8) is 0 Å². The summed E-state index contributed by atoms with van der Waals surface area (Å²) < 4.78 is 5.52. The van der Waals surface area contributed by atoms with Gasteiger partial charge in [-0.1, -0.05) is 18.2 Å². The minimum absolute atomic E-state index is 0.0359. The molecule has 0 radical (unpaired) electrons. The van der Waals surface area contributed by atoms with Crippen molar-refractivity contribution < 1.29 is 19.2 Å². The zero-order chi connectivity index (χ0) is 24.4. The molecule has 5 rings (SSSR count). The third-order valence-electron chi connectivity index (χ3n) is 6.60. The number of fused-ring (bicyclic) bond motifs is 2. The van der Waals surface area contributed by atoms with Crippen LogP contribution in [0.1, 0.15) is 52.9 Å². The molecule has 0 unspecified atom stereocenters. The highest BCUT2D eigenvalue weighted by Gasteiger charge is 2.27. The Morgan fingerprint density at radius 1 is 1.03 bits per heavy atom. The van der Waals surface area contributed by atoms with Gasteiger partial charge in [0.2, 0.25) is 0 Å². The molecule has 3 aromatic rings. The molecule has 35 heavy (non-hydrogen) atoms. The lowest BCUT2D eigenvalue weighted by molar-refractivity contribution is -0.384. The molecule has 0 saturated carbocycles. The molecule has 1 saturated heterocycles. The van der Waals surface area contributed by atoms with E-state index in [4.69, 9.17) is 9.72 Å². The van der Waals surface area contributed by atoms with Crippen molar-refractivity contribution in [1.29, 1.82) is 0 Å². The van der Waals surface area contributed by atoms with Crippen molar-refractivity contribution in [3.05, 3.63) is 81.0 Å². The number of rotatable bonds is 5. The van der Waals surface area contributed by atoms with E-state index in [2.05, 4.69) is 0 Å². The number of hydrogen-bond donors (Lipinski definition) is 0. The lowest BCUT2D eigenvalue weighted by atomic mass is 9.86. The summed E-state index contributed by atoms with van der Waals surface area (Å²) in [6.07, 6.45) is 6.21. The molecule has 2 aromatic carbocycles. The van der Waals surface area contributed by atoms with Gasteiger partial charge in [0.1, 0.15) is 0 Å². The standard InChI is InChI=1S/C27H25N3O5/c31-24(29-14-3-4-15-29)17-35-27(32)25-21-7-1-2-9-23(21)28-26-19(6-5-8-22(25)26)16-18-10-12-20(13-11-18)30(33)34/h1-2,7,9-13,16H,3-6,8,14-15,17H2/b19-16+. The Labute approximate surface area is 202 Å². The number of carbonyl (C=O) groups is 2. The average Bonchev–Trinajstić information content (AvgIpc) is 3.41. The molecule has 1 fully saturated rings. The molecule has 0 bridgehead atoms. The van der Waals surface area contributed by atoms with Crippen LogP contribution in [0.2, 0.25) is 0 Å². The van der Waals surface area contributed by atoms with Gasteiger partial charge in [-0.15, -0.1) is 0 Å². The van der Waals surface area contributed by atoms with Crippen LogP contribution in [-0.4, -0.2) is 46.4 Å². The maximum absolute atomic E-state index is 13.3. The van der Waals surface area contributed by atoms with E-state index in [0.29, 0.717) is 36.0 Å². The predicted octanol–water partition coefficient (Wildman–Crippen LogP) is 4.80. The van der Waals surface area contributed by atoms with Crippen LogP contribution in [-0.2, 0) is 16.0 Å². The van der Waals surface area contributed by atoms with E-state index in [9.17, 15) is 19.7 Å². The highest BCUT2D eigenvalue weighted by atomic mass is 16.6. The van der Waals surface area contributed by atoms with Crippen LogP contribution in [0.4, 0.5) is 5.69 Å². The highest BCUT2D eigenvalue weighted by Crippen LogP contribution is 2.36. The molecule has 1 aliphatic carbocycles. The Hall–Kier alpha value is -4.07. The number of benzene rings is 2. The van der Waals surface area contributed by atoms with Gasteiger partial charge in [-0.3, -0.25) is 14.9 Å². The lowest BCUT2D eigenvalue weighted by Gasteiger charge is -2.23. The first-order valence-electron chi connectivity index (χ1n) is 11.8. The number of pyridine rings is 1. The first-order valence-corrected chi connectivity index (χ1v) is 11.8. The second-order valence-electron chi connectivity index (χ2n) is 8.87. The van der Waals surface area contributed by atoms with E-state index < -0.39 is 10.9 Å². The monoisotopic (exact) mass is 471 g/mol. The summed E-state index contributed by atoms with van der Waals surface area (Å²) in [6, 6.07) is 13.8. The molecule has 1 aliphatic heterocycles. The van der Waals surface area contributed by atoms with Crippen LogP contribution in [0.15, 0.2) is 48.5 Å². The molecule has 8 heteroatoms. The number of nitro groups is 1. The van der Waals surface area contributed by atoms with E-state index in [1.165, 1.54) is 12.1 Å². The van der Waals surface area contributed by atoms with E-state index in [0.717, 1.165) is 48.1 Å². The fraction of sp³-hybridized carbons (Fsp3) is 0.296. The van der Waals surface area contributed by atoms with Crippen LogP contribution >= 0.6 is 0 Å². The number of allylic oxidation sites excluding steroid dienone is 1. The Bertz CT molecular complexity index is 1340. The first kappa shape index (κ1) is 22.7. The number of para-hydroxylation sites is 1. The molecular weight excluding hydrogens is 446 g/mol. The molecule has 178 valence electrons. The summed E-state index contributed by atoms with van der Waals surface area (Å²) in [5.74, 6) is -0.675. The molecule has 1 amide bonds. The summed E-state index contributed by atoms with van der Waals surface area (Å²) >= 11 is 0. The molecule has 8 nitrogen and oxygen atoms in total. The lowest BCUT2D eigenvalue weighted by Crippen LogP contribution is -2.32. The van der Waals surface area contributed by atoms with Crippen molar-refractivity contribution in [2.45, 2.75) is 32.1 Å². The number of likely N-dealkylation sites (tertiary alicyclic amines) is 1. The largest absolute Gasteiger partial charge is 0.452 e. The summed E-state index contributed by atoms with van der Waals surface area (Å²) in [4.78, 5) is 42.9. The zero-order valence-corrected chi connectivity index (χ0v) is 19.2. The van der Waals surface area contributed by atoms with Crippen LogP contribution in [0.3, 0.4) is 0 Å². The van der Waals surface area contributed by atoms with Gasteiger partial charge in [-0.2, -0.15) is 0 Å². The van der Waals surface area contributed by atoms with Crippen molar-refractivity contribution >= 4 is 40.1 Å². The molecule has 1 aromatic heterocycles. The van der Waals surface area contributed by atoms with Gasteiger partial charge >= 0.3 is 5.97 Å². The van der Waals surface area contributed by atoms with E-state index >= 15 is 0 Å². The van der Waals surface area contributed by atoms with Gasteiger partial charge in [0.25, 0.3) is 11.6 Å². The van der Waals surface area contributed by atoms with Crippen LogP contribution in [0, 0.1) is 10.1 Å². The van der Waals surface area contributed by atoms with Crippen molar-refractivity contribution in [2.75, 3.05) is 19.7 Å². The van der Waals surface area contributed by atoms with Crippen molar-refractivity contribution in [2.24, 2.45) is 0 Å². The Morgan fingerprint density at radius 2 is 1.77 bits per heavy atom. The minimum atomic E-state index is -0.510. The number of nitrogens with zero attached hydrogens (tertiary/aromatic N) is 3. The summed E-state index contributed by atoms with van der Waals surface area (Å²) in [7, 11) is 0. The van der Waals surface area contributed by atoms with Crippen LogP contribution < -0.4 is 0 Å². The Balaban J connectivity index is 1.51. The van der Waals surface area contributed by atoms with E-state index in [1.54, 1.807) is 17.0 Å². The highest BCUT2D eigenvalue weighted by molar-refractivity contribution is 6.07. The summed E-state index contributed by atoms with van der Waals surface area (Å²) in [6.45, 7) is 1.15. The zero-order valence-electron chi connectivity index (χ0n) is 19.2. The van der Waals surface area contributed by atoms with Gasteiger partial charge in [0, 0.05) is 30.6 Å². The van der Waals surface area contributed by atoms with Gasteiger partial charge in [-0.25, -0.2) is 9.78 Å². The fourth-order valence-electron chi connectivity index (χ4n) is 4.86. The number of amides is 1. The minimum Gasteiger partial charge on any atom is -0.452 e. The molecule has 2 aliphatic rings. The second-order valence-corrected chi connectivity index (χ2v) is 8.87. The maximum atomic E-state index is 13.3. The quantitative estimate of drug-likeness (QED) is 0.301. The molecular formula is C27H25N3O5. The Kier molecular flexibility index (Phi) is 6.27.